The minimum atomic E-state index is -0.0914. The topological polar surface area (TPSA) is 59.0 Å². The fourth-order valence-electron chi connectivity index (χ4n) is 2.24. The van der Waals surface area contributed by atoms with Crippen LogP contribution in [0.15, 0.2) is 12.4 Å². The van der Waals surface area contributed by atoms with Crippen molar-refractivity contribution in [1.29, 1.82) is 0 Å². The Kier molecular flexibility index (Phi) is 4.24. The lowest BCUT2D eigenvalue weighted by Gasteiger charge is -2.22. The second-order valence-electron chi connectivity index (χ2n) is 6.27. The second-order valence-corrected chi connectivity index (χ2v) is 6.27. The van der Waals surface area contributed by atoms with E-state index in [1.165, 1.54) is 12.8 Å². The van der Waals surface area contributed by atoms with E-state index in [4.69, 9.17) is 0 Å². The molecule has 1 saturated heterocycles. The standard InChI is InChI=1S/C14H24N4O/c1-14(2,3)18-10-12(9-17-18)13(19)16-8-11-5-4-6-15-7-11/h9-11,15H,4-8H2,1-3H3,(H,16,19). The average molecular weight is 264 g/mol. The molecule has 0 saturated carbocycles. The highest BCUT2D eigenvalue weighted by Crippen LogP contribution is 2.13. The first kappa shape index (κ1) is 14.1. The number of nitrogens with one attached hydrogen (secondary N) is 2. The lowest BCUT2D eigenvalue weighted by Crippen LogP contribution is -2.38. The Labute approximate surface area is 114 Å². The highest BCUT2D eigenvalue weighted by atomic mass is 16.1. The zero-order chi connectivity index (χ0) is 13.9. The first-order valence-electron chi connectivity index (χ1n) is 7.01. The molecule has 1 amide bonds. The van der Waals surface area contributed by atoms with Crippen LogP contribution in [0.3, 0.4) is 0 Å². The molecule has 1 atom stereocenters. The molecule has 1 aliphatic heterocycles. The summed E-state index contributed by atoms with van der Waals surface area (Å²) in [6, 6.07) is 0. The van der Waals surface area contributed by atoms with Crippen molar-refractivity contribution in [3.63, 3.8) is 0 Å². The van der Waals surface area contributed by atoms with Gasteiger partial charge in [0.25, 0.3) is 5.91 Å². The molecule has 2 N–H and O–H groups in total. The minimum Gasteiger partial charge on any atom is -0.352 e. The maximum absolute atomic E-state index is 12.0. The number of nitrogens with zero attached hydrogens (tertiary/aromatic N) is 2. The van der Waals surface area contributed by atoms with Gasteiger partial charge in [-0.3, -0.25) is 9.48 Å². The molecule has 19 heavy (non-hydrogen) atoms. The number of piperidine rings is 1. The molecular weight excluding hydrogens is 240 g/mol. The number of hydrogen-bond donors (Lipinski definition) is 2. The van der Waals surface area contributed by atoms with Crippen molar-refractivity contribution in [3.05, 3.63) is 18.0 Å². The van der Waals surface area contributed by atoms with Crippen molar-refractivity contribution in [2.45, 2.75) is 39.2 Å². The molecular formula is C14H24N4O. The Balaban J connectivity index is 1.87. The van der Waals surface area contributed by atoms with Gasteiger partial charge >= 0.3 is 0 Å². The van der Waals surface area contributed by atoms with Crippen LogP contribution < -0.4 is 10.6 Å². The second kappa shape index (κ2) is 5.74. The quantitative estimate of drug-likeness (QED) is 0.867. The van der Waals surface area contributed by atoms with Gasteiger partial charge in [0.05, 0.1) is 17.3 Å². The summed E-state index contributed by atoms with van der Waals surface area (Å²) >= 11 is 0. The highest BCUT2D eigenvalue weighted by Gasteiger charge is 2.18. The normalized spacial score (nSPS) is 20.3. The van der Waals surface area contributed by atoms with Gasteiger partial charge in [-0.25, -0.2) is 0 Å². The highest BCUT2D eigenvalue weighted by molar-refractivity contribution is 5.93. The van der Waals surface area contributed by atoms with Gasteiger partial charge in [0.2, 0.25) is 0 Å². The largest absolute Gasteiger partial charge is 0.352 e. The zero-order valence-corrected chi connectivity index (χ0v) is 12.1. The monoisotopic (exact) mass is 264 g/mol. The predicted octanol–water partition coefficient (Wildman–Crippen LogP) is 1.37. The van der Waals surface area contributed by atoms with Gasteiger partial charge in [-0.2, -0.15) is 5.10 Å². The third-order valence-electron chi connectivity index (χ3n) is 3.48. The third kappa shape index (κ3) is 3.80. The van der Waals surface area contributed by atoms with Crippen LogP contribution in [-0.2, 0) is 5.54 Å². The summed E-state index contributed by atoms with van der Waals surface area (Å²) < 4.78 is 1.82. The molecule has 1 aromatic rings. The van der Waals surface area contributed by atoms with E-state index in [0.29, 0.717) is 11.5 Å². The van der Waals surface area contributed by atoms with Crippen molar-refractivity contribution in [2.24, 2.45) is 5.92 Å². The molecule has 106 valence electrons. The number of rotatable bonds is 3. The van der Waals surface area contributed by atoms with Gasteiger partial charge in [-0.05, 0) is 52.6 Å². The molecule has 0 aromatic carbocycles. The van der Waals surface area contributed by atoms with Crippen molar-refractivity contribution < 1.29 is 4.79 Å². The number of carbonyl (C=O) groups excluding carboxylic acids is 1. The molecule has 5 nitrogen and oxygen atoms in total. The van der Waals surface area contributed by atoms with Crippen LogP contribution in [0, 0.1) is 5.92 Å². The minimum absolute atomic E-state index is 0.0268. The Morgan fingerprint density at radius 3 is 2.95 bits per heavy atom. The van der Waals surface area contributed by atoms with Crippen LogP contribution in [-0.4, -0.2) is 35.3 Å². The Morgan fingerprint density at radius 1 is 1.58 bits per heavy atom. The molecule has 0 aliphatic carbocycles. The Bertz CT molecular complexity index is 427. The molecule has 2 heterocycles. The van der Waals surface area contributed by atoms with Crippen molar-refractivity contribution in [2.75, 3.05) is 19.6 Å². The Hall–Kier alpha value is -1.36. The predicted molar refractivity (Wildman–Crippen MR) is 75.1 cm³/mol. The van der Waals surface area contributed by atoms with E-state index in [1.54, 1.807) is 6.20 Å². The maximum atomic E-state index is 12.0. The molecule has 1 fully saturated rings. The van der Waals surface area contributed by atoms with Crippen LogP contribution in [0.25, 0.3) is 0 Å². The summed E-state index contributed by atoms with van der Waals surface area (Å²) in [6.45, 7) is 9.04. The van der Waals surface area contributed by atoms with Gasteiger partial charge in [-0.1, -0.05) is 0 Å². The van der Waals surface area contributed by atoms with Gasteiger partial charge in [0.15, 0.2) is 0 Å². The summed E-state index contributed by atoms with van der Waals surface area (Å²) in [6.07, 6.45) is 5.84. The van der Waals surface area contributed by atoms with Gasteiger partial charge in [0.1, 0.15) is 0 Å². The number of aromatic nitrogens is 2. The Morgan fingerprint density at radius 2 is 2.37 bits per heavy atom. The fourth-order valence-corrected chi connectivity index (χ4v) is 2.24. The van der Waals surface area contributed by atoms with Gasteiger partial charge in [-0.15, -0.1) is 0 Å². The zero-order valence-electron chi connectivity index (χ0n) is 12.1. The van der Waals surface area contributed by atoms with Crippen LogP contribution in [0.5, 0.6) is 0 Å². The summed E-state index contributed by atoms with van der Waals surface area (Å²) in [5.41, 5.74) is 0.546. The van der Waals surface area contributed by atoms with Crippen LogP contribution in [0.2, 0.25) is 0 Å². The van der Waals surface area contributed by atoms with E-state index in [0.717, 1.165) is 19.6 Å². The summed E-state index contributed by atoms with van der Waals surface area (Å²) in [7, 11) is 0. The van der Waals surface area contributed by atoms with Crippen LogP contribution >= 0.6 is 0 Å². The molecule has 1 aromatic heterocycles. The lowest BCUT2D eigenvalue weighted by atomic mass is 10.00. The molecule has 5 heteroatoms. The van der Waals surface area contributed by atoms with Crippen molar-refractivity contribution in [3.8, 4) is 0 Å². The summed E-state index contributed by atoms with van der Waals surface area (Å²) in [4.78, 5) is 12.0. The number of amides is 1. The molecule has 1 aliphatic rings. The van der Waals surface area contributed by atoms with E-state index < -0.39 is 0 Å². The number of hydrogen-bond acceptors (Lipinski definition) is 3. The molecule has 0 bridgehead atoms. The average Bonchev–Trinajstić information content (AvgIpc) is 2.87. The van der Waals surface area contributed by atoms with E-state index in [9.17, 15) is 4.79 Å². The van der Waals surface area contributed by atoms with Crippen LogP contribution in [0.4, 0.5) is 0 Å². The van der Waals surface area contributed by atoms with E-state index in [1.807, 2.05) is 10.9 Å². The summed E-state index contributed by atoms with van der Waals surface area (Å²) in [5.74, 6) is 0.524. The smallest absolute Gasteiger partial charge is 0.254 e. The lowest BCUT2D eigenvalue weighted by molar-refractivity contribution is 0.0944. The molecule has 1 unspecified atom stereocenters. The SMILES string of the molecule is CC(C)(C)n1cc(C(=O)NCC2CCCNC2)cn1. The van der Waals surface area contributed by atoms with E-state index >= 15 is 0 Å². The third-order valence-corrected chi connectivity index (χ3v) is 3.48. The fraction of sp³-hybridized carbons (Fsp3) is 0.714. The van der Waals surface area contributed by atoms with Gasteiger partial charge in [0, 0.05) is 12.7 Å². The summed E-state index contributed by atoms with van der Waals surface area (Å²) in [5, 5.41) is 10.6. The van der Waals surface area contributed by atoms with Crippen LogP contribution in [0.1, 0.15) is 44.0 Å². The van der Waals surface area contributed by atoms with Crippen molar-refractivity contribution in [1.82, 2.24) is 20.4 Å². The maximum Gasteiger partial charge on any atom is 0.254 e. The van der Waals surface area contributed by atoms with Crippen molar-refractivity contribution >= 4 is 5.91 Å². The number of carbonyl (C=O) groups is 1. The van der Waals surface area contributed by atoms with E-state index in [2.05, 4.69) is 36.5 Å². The molecule has 2 rings (SSSR count). The first-order valence-corrected chi connectivity index (χ1v) is 7.01. The molecule has 0 spiro atoms. The van der Waals surface area contributed by atoms with E-state index in [-0.39, 0.29) is 11.4 Å². The molecule has 0 radical (unpaired) electrons. The first-order chi connectivity index (χ1) is 8.97. The van der Waals surface area contributed by atoms with Gasteiger partial charge < -0.3 is 10.6 Å².